The van der Waals surface area contributed by atoms with Gasteiger partial charge in [-0.1, -0.05) is 6.92 Å². The maximum Gasteiger partial charge on any atom is 0.408 e. The molecular weight excluding hydrogens is 462 g/mol. The molecule has 0 aromatic carbocycles. The Balaban J connectivity index is 4.66. The molecule has 2 N–H and O–H groups in total. The quantitative estimate of drug-likeness (QED) is 0.291. The predicted octanol–water partition coefficient (Wildman–Crippen LogP) is 0.697. The zero-order valence-electron chi connectivity index (χ0n) is 21.2. The minimum Gasteiger partial charge on any atom is -0.468 e. The van der Waals surface area contributed by atoms with Gasteiger partial charge < -0.3 is 25.0 Å². The summed E-state index contributed by atoms with van der Waals surface area (Å²) in [6.07, 6.45) is -0.640. The maximum absolute atomic E-state index is 12.5. The first-order valence-corrected chi connectivity index (χ1v) is 11.4. The van der Waals surface area contributed by atoms with Crippen molar-refractivity contribution in [2.45, 2.75) is 71.8 Å². The molecule has 0 atom stereocenters. The molecule has 0 radical (unpaired) electrons. The van der Waals surface area contributed by atoms with Gasteiger partial charge in [0.2, 0.25) is 11.8 Å². The van der Waals surface area contributed by atoms with Gasteiger partial charge in [-0.15, -0.1) is 0 Å². The highest BCUT2D eigenvalue weighted by Gasteiger charge is 2.22. The number of alkyl carbamates (subject to hydrolysis) is 1. The van der Waals surface area contributed by atoms with Crippen molar-refractivity contribution in [2.24, 2.45) is 0 Å². The summed E-state index contributed by atoms with van der Waals surface area (Å²) in [5, 5.41) is 4.73. The van der Waals surface area contributed by atoms with Crippen molar-refractivity contribution in [1.82, 2.24) is 15.5 Å². The molecule has 0 fully saturated rings. The first kappa shape index (κ1) is 31.7. The molecule has 198 valence electrons. The molecule has 3 amide bonds. The first-order valence-electron chi connectivity index (χ1n) is 11.4. The molecule has 12 nitrogen and oxygen atoms in total. The SMILES string of the molecule is CCCC(=O)CNC(=O)CCC(=O)CN(CC(=O)OC)C(=O)CCC(=O)CNC(=O)OC(C)(C)C. The van der Waals surface area contributed by atoms with Crippen molar-refractivity contribution >= 4 is 41.2 Å². The van der Waals surface area contributed by atoms with E-state index in [1.807, 2.05) is 6.92 Å². The van der Waals surface area contributed by atoms with Crippen LogP contribution in [0.2, 0.25) is 0 Å². The number of rotatable bonds is 16. The monoisotopic (exact) mass is 499 g/mol. The summed E-state index contributed by atoms with van der Waals surface area (Å²) in [4.78, 5) is 84.3. The Morgan fingerprint density at radius 3 is 1.89 bits per heavy atom. The number of nitrogens with zero attached hydrogens (tertiary/aromatic N) is 1. The van der Waals surface area contributed by atoms with Crippen LogP contribution in [0.3, 0.4) is 0 Å². The van der Waals surface area contributed by atoms with Gasteiger partial charge in [-0.05, 0) is 27.2 Å². The van der Waals surface area contributed by atoms with Crippen molar-refractivity contribution in [3.63, 3.8) is 0 Å². The van der Waals surface area contributed by atoms with Crippen LogP contribution >= 0.6 is 0 Å². The van der Waals surface area contributed by atoms with Crippen molar-refractivity contribution in [1.29, 1.82) is 0 Å². The molecule has 0 aliphatic carbocycles. The Morgan fingerprint density at radius 2 is 1.31 bits per heavy atom. The summed E-state index contributed by atoms with van der Waals surface area (Å²) < 4.78 is 9.56. The molecule has 0 heterocycles. The molecule has 0 aliphatic heterocycles. The lowest BCUT2D eigenvalue weighted by Gasteiger charge is -2.21. The highest BCUT2D eigenvalue weighted by atomic mass is 16.6. The first-order chi connectivity index (χ1) is 16.3. The fraction of sp³-hybridized carbons (Fsp3) is 0.696. The topological polar surface area (TPSA) is 165 Å². The number of nitrogens with one attached hydrogen (secondary N) is 2. The Kier molecular flexibility index (Phi) is 14.8. The highest BCUT2D eigenvalue weighted by molar-refractivity contribution is 5.93. The van der Waals surface area contributed by atoms with Crippen LogP contribution in [0.15, 0.2) is 0 Å². The fourth-order valence-electron chi connectivity index (χ4n) is 2.63. The number of amides is 3. The van der Waals surface area contributed by atoms with Crippen LogP contribution in [-0.2, 0) is 38.2 Å². The fourth-order valence-corrected chi connectivity index (χ4v) is 2.63. The standard InChI is InChI=1S/C23H37N3O9/c1-6-7-16(27)12-24-19(30)10-8-18(29)14-26(15-21(32)34-5)20(31)11-9-17(28)13-25-22(33)35-23(2,3)4/h6-15H2,1-5H3,(H,24,30)(H,25,33). The summed E-state index contributed by atoms with van der Waals surface area (Å²) in [6.45, 7) is 5.47. The van der Waals surface area contributed by atoms with Gasteiger partial charge in [0.1, 0.15) is 12.1 Å². The van der Waals surface area contributed by atoms with E-state index >= 15 is 0 Å². The molecule has 0 rings (SSSR count). The number of ketones is 3. The normalized spacial score (nSPS) is 10.7. The summed E-state index contributed by atoms with van der Waals surface area (Å²) in [5.74, 6) is -2.90. The third-order valence-electron chi connectivity index (χ3n) is 4.36. The minimum absolute atomic E-state index is 0.107. The third-order valence-corrected chi connectivity index (χ3v) is 4.36. The molecule has 35 heavy (non-hydrogen) atoms. The van der Waals surface area contributed by atoms with Crippen LogP contribution in [0.4, 0.5) is 4.79 Å². The molecule has 0 aliphatic rings. The number of carbonyl (C=O) groups excluding carboxylic acids is 7. The number of esters is 1. The van der Waals surface area contributed by atoms with Crippen LogP contribution in [0.1, 0.15) is 66.2 Å². The Morgan fingerprint density at radius 1 is 0.743 bits per heavy atom. The van der Waals surface area contributed by atoms with Crippen LogP contribution in [0, 0.1) is 0 Å². The van der Waals surface area contributed by atoms with E-state index in [0.717, 1.165) is 12.0 Å². The van der Waals surface area contributed by atoms with Crippen molar-refractivity contribution < 1.29 is 43.0 Å². The number of carbonyl (C=O) groups is 7. The van der Waals surface area contributed by atoms with Gasteiger partial charge in [-0.3, -0.25) is 28.8 Å². The summed E-state index contributed by atoms with van der Waals surface area (Å²) in [5.41, 5.74) is -0.725. The summed E-state index contributed by atoms with van der Waals surface area (Å²) >= 11 is 0. The van der Waals surface area contributed by atoms with E-state index in [0.29, 0.717) is 12.8 Å². The third kappa shape index (κ3) is 16.9. The van der Waals surface area contributed by atoms with E-state index < -0.39 is 54.1 Å². The average Bonchev–Trinajstić information content (AvgIpc) is 2.76. The van der Waals surface area contributed by atoms with Gasteiger partial charge >= 0.3 is 12.1 Å². The van der Waals surface area contributed by atoms with Gasteiger partial charge in [0.25, 0.3) is 0 Å². The van der Waals surface area contributed by atoms with Gasteiger partial charge in [0, 0.05) is 32.1 Å². The average molecular weight is 500 g/mol. The number of Topliss-reactive ketones (excluding diaryl/α,β-unsaturated/α-hetero) is 3. The van der Waals surface area contributed by atoms with E-state index in [4.69, 9.17) is 4.74 Å². The van der Waals surface area contributed by atoms with E-state index in [9.17, 15) is 33.6 Å². The maximum atomic E-state index is 12.5. The van der Waals surface area contributed by atoms with Crippen molar-refractivity contribution in [3.05, 3.63) is 0 Å². The van der Waals surface area contributed by atoms with E-state index in [-0.39, 0.29) is 44.6 Å². The van der Waals surface area contributed by atoms with Gasteiger partial charge in [0.05, 0.1) is 26.7 Å². The molecule has 0 aromatic heterocycles. The van der Waals surface area contributed by atoms with Gasteiger partial charge in [-0.2, -0.15) is 0 Å². The smallest absolute Gasteiger partial charge is 0.408 e. The molecule has 0 aromatic rings. The number of hydrogen-bond donors (Lipinski definition) is 2. The lowest BCUT2D eigenvalue weighted by Crippen LogP contribution is -2.40. The zero-order chi connectivity index (χ0) is 27.0. The second kappa shape index (κ2) is 16.3. The molecule has 0 unspecified atom stereocenters. The molecular formula is C23H37N3O9. The number of hydrogen-bond acceptors (Lipinski definition) is 9. The highest BCUT2D eigenvalue weighted by Crippen LogP contribution is 2.07. The van der Waals surface area contributed by atoms with E-state index in [1.54, 1.807) is 20.8 Å². The Labute approximate surface area is 205 Å². The summed E-state index contributed by atoms with van der Waals surface area (Å²) in [7, 11) is 1.13. The van der Waals surface area contributed by atoms with Gasteiger partial charge in [0.15, 0.2) is 17.3 Å². The lowest BCUT2D eigenvalue weighted by molar-refractivity contribution is -0.148. The van der Waals surface area contributed by atoms with Crippen LogP contribution in [0.25, 0.3) is 0 Å². The lowest BCUT2D eigenvalue weighted by atomic mass is 10.1. The molecule has 12 heteroatoms. The molecule has 0 spiro atoms. The Bertz CT molecular complexity index is 788. The van der Waals surface area contributed by atoms with Crippen LogP contribution < -0.4 is 10.6 Å². The molecule has 0 bridgehead atoms. The second-order valence-corrected chi connectivity index (χ2v) is 8.82. The Hall–Kier alpha value is -3.31. The number of methoxy groups -OCH3 is 1. The molecule has 0 saturated carbocycles. The second-order valence-electron chi connectivity index (χ2n) is 8.82. The largest absolute Gasteiger partial charge is 0.468 e. The summed E-state index contributed by atoms with van der Waals surface area (Å²) in [6, 6.07) is 0. The van der Waals surface area contributed by atoms with Crippen LogP contribution in [0.5, 0.6) is 0 Å². The van der Waals surface area contributed by atoms with Crippen molar-refractivity contribution in [3.8, 4) is 0 Å². The number of ether oxygens (including phenoxy) is 2. The minimum atomic E-state index is -0.770. The van der Waals surface area contributed by atoms with Crippen LogP contribution in [-0.4, -0.2) is 85.0 Å². The van der Waals surface area contributed by atoms with E-state index in [2.05, 4.69) is 15.4 Å². The van der Waals surface area contributed by atoms with Crippen molar-refractivity contribution in [2.75, 3.05) is 33.3 Å². The predicted molar refractivity (Wildman–Crippen MR) is 124 cm³/mol. The molecule has 0 saturated heterocycles. The van der Waals surface area contributed by atoms with E-state index in [1.165, 1.54) is 0 Å². The zero-order valence-corrected chi connectivity index (χ0v) is 21.2. The van der Waals surface area contributed by atoms with Gasteiger partial charge in [-0.25, -0.2) is 4.79 Å².